The maximum atomic E-state index is 12.8. The number of carbonyl (C=O) groups is 2. The molecule has 0 fully saturated rings. The van der Waals surface area contributed by atoms with Crippen molar-refractivity contribution in [2.24, 2.45) is 0 Å². The van der Waals surface area contributed by atoms with Crippen molar-refractivity contribution < 1.29 is 23.8 Å². The second-order valence-corrected chi connectivity index (χ2v) is 6.89. The molecule has 0 radical (unpaired) electrons. The van der Waals surface area contributed by atoms with Crippen LogP contribution in [0.15, 0.2) is 66.3 Å². The van der Waals surface area contributed by atoms with Crippen LogP contribution in [0.5, 0.6) is 11.5 Å². The van der Waals surface area contributed by atoms with Gasteiger partial charge in [0, 0.05) is 12.0 Å². The molecule has 5 nitrogen and oxygen atoms in total. The number of para-hydroxylation sites is 1. The number of allylic oxidation sites excluding steroid dienone is 3. The number of methoxy groups -OCH3 is 3. The van der Waals surface area contributed by atoms with Crippen molar-refractivity contribution in [2.75, 3.05) is 21.3 Å². The fraction of sp³-hybridized carbons (Fsp3) is 0.250. The first kappa shape index (κ1) is 20.4. The van der Waals surface area contributed by atoms with Gasteiger partial charge in [-0.2, -0.15) is 0 Å². The Balaban J connectivity index is 1.98. The largest absolute Gasteiger partial charge is 0.493 e. The zero-order valence-electron chi connectivity index (χ0n) is 16.8. The van der Waals surface area contributed by atoms with Gasteiger partial charge in [-0.15, -0.1) is 0 Å². The summed E-state index contributed by atoms with van der Waals surface area (Å²) in [7, 11) is 4.51. The van der Waals surface area contributed by atoms with E-state index >= 15 is 0 Å². The van der Waals surface area contributed by atoms with Gasteiger partial charge in [0.2, 0.25) is 0 Å². The molecule has 5 heteroatoms. The highest BCUT2D eigenvalue weighted by atomic mass is 16.5. The Kier molecular flexibility index (Phi) is 6.17. The Morgan fingerprint density at radius 1 is 0.931 bits per heavy atom. The van der Waals surface area contributed by atoms with Crippen LogP contribution >= 0.6 is 0 Å². The van der Waals surface area contributed by atoms with Crippen LogP contribution in [0.1, 0.15) is 24.0 Å². The molecule has 0 saturated carbocycles. The van der Waals surface area contributed by atoms with Gasteiger partial charge in [-0.05, 0) is 29.7 Å². The first-order valence-corrected chi connectivity index (χ1v) is 9.30. The van der Waals surface area contributed by atoms with Crippen LogP contribution in [-0.2, 0) is 19.7 Å². The molecule has 1 unspecified atom stereocenters. The van der Waals surface area contributed by atoms with Gasteiger partial charge in [0.1, 0.15) is 5.41 Å². The van der Waals surface area contributed by atoms with Gasteiger partial charge in [-0.25, -0.2) is 0 Å². The quantitative estimate of drug-likeness (QED) is 0.692. The van der Waals surface area contributed by atoms with Crippen molar-refractivity contribution in [2.45, 2.75) is 18.3 Å². The van der Waals surface area contributed by atoms with Crippen molar-refractivity contribution in [1.29, 1.82) is 0 Å². The smallest absolute Gasteiger partial charge is 0.317 e. The highest BCUT2D eigenvalue weighted by molar-refractivity contribution is 5.99. The van der Waals surface area contributed by atoms with E-state index < -0.39 is 11.4 Å². The van der Waals surface area contributed by atoms with Crippen molar-refractivity contribution in [3.05, 3.63) is 77.4 Å². The number of hydrogen-bond donors (Lipinski definition) is 0. The molecule has 0 amide bonds. The minimum absolute atomic E-state index is 0.0868. The Labute approximate surface area is 170 Å². The molecule has 0 aromatic heterocycles. The van der Waals surface area contributed by atoms with Gasteiger partial charge in [0.15, 0.2) is 17.3 Å². The second kappa shape index (κ2) is 8.78. The molecule has 2 aromatic carbocycles. The Morgan fingerprint density at radius 3 is 2.34 bits per heavy atom. The van der Waals surface area contributed by atoms with Gasteiger partial charge >= 0.3 is 5.97 Å². The van der Waals surface area contributed by atoms with Crippen molar-refractivity contribution in [1.82, 2.24) is 0 Å². The summed E-state index contributed by atoms with van der Waals surface area (Å²) in [6, 6.07) is 14.9. The minimum Gasteiger partial charge on any atom is -0.493 e. The lowest BCUT2D eigenvalue weighted by Gasteiger charge is -2.33. The van der Waals surface area contributed by atoms with Gasteiger partial charge in [-0.3, -0.25) is 9.59 Å². The highest BCUT2D eigenvalue weighted by Crippen LogP contribution is 2.40. The molecule has 0 N–H and O–H groups in total. The molecule has 0 aliphatic heterocycles. The Hall–Kier alpha value is -3.34. The number of carbonyl (C=O) groups excluding carboxylic acids is 2. The summed E-state index contributed by atoms with van der Waals surface area (Å²) in [5, 5.41) is 0. The summed E-state index contributed by atoms with van der Waals surface area (Å²) in [6.45, 7) is 0. The average Bonchev–Trinajstić information content (AvgIpc) is 2.76. The minimum atomic E-state index is -1.03. The monoisotopic (exact) mass is 392 g/mol. The number of ketones is 1. The SMILES string of the molecule is COC(=O)C1(c2ccccc2)CC(=O)C=C(/C=C/c2cccc(OC)c2OC)C1. The Morgan fingerprint density at radius 2 is 1.69 bits per heavy atom. The summed E-state index contributed by atoms with van der Waals surface area (Å²) in [5.74, 6) is 0.714. The maximum Gasteiger partial charge on any atom is 0.317 e. The lowest BCUT2D eigenvalue weighted by atomic mass is 9.69. The van der Waals surface area contributed by atoms with Crippen LogP contribution in [0.25, 0.3) is 6.08 Å². The van der Waals surface area contributed by atoms with Crippen LogP contribution in [0.3, 0.4) is 0 Å². The summed E-state index contributed by atoms with van der Waals surface area (Å²) in [4.78, 5) is 25.3. The van der Waals surface area contributed by atoms with Crippen LogP contribution in [0.4, 0.5) is 0 Å². The maximum absolute atomic E-state index is 12.8. The predicted octanol–water partition coefficient (Wildman–Crippen LogP) is 4.12. The summed E-state index contributed by atoms with van der Waals surface area (Å²) >= 11 is 0. The molecule has 3 rings (SSSR count). The molecule has 2 aromatic rings. The highest BCUT2D eigenvalue weighted by Gasteiger charge is 2.45. The third-order valence-corrected chi connectivity index (χ3v) is 5.14. The third-order valence-electron chi connectivity index (χ3n) is 5.14. The van der Waals surface area contributed by atoms with Crippen LogP contribution in [0, 0.1) is 0 Å². The summed E-state index contributed by atoms with van der Waals surface area (Å²) in [5.41, 5.74) is 1.31. The molecule has 0 saturated heterocycles. The van der Waals surface area contributed by atoms with E-state index in [1.54, 1.807) is 20.3 Å². The number of benzene rings is 2. The normalized spacial score (nSPS) is 19.0. The summed E-state index contributed by atoms with van der Waals surface area (Å²) in [6.07, 6.45) is 5.75. The zero-order chi connectivity index (χ0) is 20.9. The molecular formula is C24H24O5. The van der Waals surface area contributed by atoms with Crippen LogP contribution in [-0.4, -0.2) is 33.1 Å². The molecular weight excluding hydrogens is 368 g/mol. The lowest BCUT2D eigenvalue weighted by Crippen LogP contribution is -2.41. The zero-order valence-corrected chi connectivity index (χ0v) is 16.8. The van der Waals surface area contributed by atoms with Crippen LogP contribution in [0.2, 0.25) is 0 Å². The van der Waals surface area contributed by atoms with E-state index in [9.17, 15) is 9.59 Å². The van der Waals surface area contributed by atoms with Crippen molar-refractivity contribution in [3.63, 3.8) is 0 Å². The van der Waals surface area contributed by atoms with E-state index in [2.05, 4.69) is 0 Å². The number of ether oxygens (including phenoxy) is 3. The molecule has 0 bridgehead atoms. The van der Waals surface area contributed by atoms with Crippen molar-refractivity contribution in [3.8, 4) is 11.5 Å². The third kappa shape index (κ3) is 4.09. The topological polar surface area (TPSA) is 61.8 Å². The number of hydrogen-bond acceptors (Lipinski definition) is 5. The average molecular weight is 392 g/mol. The summed E-state index contributed by atoms with van der Waals surface area (Å²) < 4.78 is 15.9. The molecule has 1 aliphatic rings. The van der Waals surface area contributed by atoms with E-state index in [0.29, 0.717) is 17.9 Å². The first-order chi connectivity index (χ1) is 14.0. The van der Waals surface area contributed by atoms with Gasteiger partial charge in [0.05, 0.1) is 21.3 Å². The van der Waals surface area contributed by atoms with E-state index in [1.165, 1.54) is 7.11 Å². The van der Waals surface area contributed by atoms with E-state index in [4.69, 9.17) is 14.2 Å². The van der Waals surface area contributed by atoms with Gasteiger partial charge < -0.3 is 14.2 Å². The molecule has 1 aliphatic carbocycles. The van der Waals surface area contributed by atoms with Crippen LogP contribution < -0.4 is 9.47 Å². The Bertz CT molecular complexity index is 958. The molecule has 1 atom stereocenters. The predicted molar refractivity (Wildman–Crippen MR) is 111 cm³/mol. The van der Waals surface area contributed by atoms with Gasteiger partial charge in [-0.1, -0.05) is 54.6 Å². The number of rotatable bonds is 6. The fourth-order valence-corrected chi connectivity index (χ4v) is 3.78. The fourth-order valence-electron chi connectivity index (χ4n) is 3.78. The van der Waals surface area contributed by atoms with E-state index in [1.807, 2.05) is 60.7 Å². The molecule has 29 heavy (non-hydrogen) atoms. The van der Waals surface area contributed by atoms with E-state index in [-0.39, 0.29) is 12.2 Å². The van der Waals surface area contributed by atoms with Crippen molar-refractivity contribution >= 4 is 17.8 Å². The first-order valence-electron chi connectivity index (χ1n) is 9.30. The molecule has 0 heterocycles. The number of esters is 1. The molecule has 150 valence electrons. The van der Waals surface area contributed by atoms with E-state index in [0.717, 1.165) is 16.7 Å². The lowest BCUT2D eigenvalue weighted by molar-refractivity contribution is -0.149. The standard InChI is InChI=1S/C24H24O5/c1-27-21-11-7-8-18(22(21)28-2)13-12-17-14-20(25)16-24(15-17,23(26)29-3)19-9-5-4-6-10-19/h4-14H,15-16H2,1-3H3/b13-12+. The van der Waals surface area contributed by atoms with Gasteiger partial charge in [0.25, 0.3) is 0 Å². The molecule has 0 spiro atoms. The second-order valence-electron chi connectivity index (χ2n) is 6.89.